The number of hydrogen-bond donors (Lipinski definition) is 0. The van der Waals surface area contributed by atoms with Crippen LogP contribution < -0.4 is 4.74 Å². The lowest BCUT2D eigenvalue weighted by atomic mass is 10.1. The van der Waals surface area contributed by atoms with E-state index in [0.717, 1.165) is 17.9 Å². The fourth-order valence-corrected chi connectivity index (χ4v) is 3.88. The smallest absolute Gasteiger partial charge is 0.185 e. The fourth-order valence-electron chi connectivity index (χ4n) is 2.81. The molecule has 0 N–H and O–H groups in total. The molecule has 25 heavy (non-hydrogen) atoms. The Hall–Kier alpha value is -2.04. The Morgan fingerprint density at radius 1 is 1.24 bits per heavy atom. The molecule has 130 valence electrons. The zero-order valence-electron chi connectivity index (χ0n) is 14.3. The summed E-state index contributed by atoms with van der Waals surface area (Å²) in [5, 5.41) is 0. The summed E-state index contributed by atoms with van der Waals surface area (Å²) in [6.45, 7) is 0.544. The van der Waals surface area contributed by atoms with Crippen molar-refractivity contribution in [2.24, 2.45) is 0 Å². The zero-order chi connectivity index (χ0) is 17.5. The second kappa shape index (κ2) is 8.88. The Morgan fingerprint density at radius 3 is 2.88 bits per heavy atom. The molecule has 0 amide bonds. The highest BCUT2D eigenvalue weighted by Gasteiger charge is 2.20. The van der Waals surface area contributed by atoms with Crippen LogP contribution in [0.5, 0.6) is 5.75 Å². The molecule has 3 rings (SSSR count). The van der Waals surface area contributed by atoms with Crippen molar-refractivity contribution in [2.75, 3.05) is 19.5 Å². The van der Waals surface area contributed by atoms with Crippen molar-refractivity contribution < 1.29 is 14.3 Å². The molecule has 0 fully saturated rings. The molecule has 0 saturated carbocycles. The van der Waals surface area contributed by atoms with Crippen LogP contribution >= 0.6 is 11.8 Å². The van der Waals surface area contributed by atoms with E-state index in [1.165, 1.54) is 10.5 Å². The highest BCUT2D eigenvalue weighted by Crippen LogP contribution is 2.39. The number of fused-ring (bicyclic) bond motifs is 1. The first-order valence-corrected chi connectivity index (χ1v) is 9.45. The van der Waals surface area contributed by atoms with Crippen molar-refractivity contribution >= 4 is 17.5 Å². The minimum atomic E-state index is 0.0225. The van der Waals surface area contributed by atoms with Crippen LogP contribution in [0.25, 0.3) is 0 Å². The van der Waals surface area contributed by atoms with Gasteiger partial charge < -0.3 is 9.47 Å². The Bertz CT molecular complexity index is 740. The minimum Gasteiger partial charge on any atom is -0.493 e. The Morgan fingerprint density at radius 2 is 2.08 bits per heavy atom. The van der Waals surface area contributed by atoms with Crippen LogP contribution in [-0.2, 0) is 4.74 Å². The molecule has 0 aromatic heterocycles. The van der Waals surface area contributed by atoms with E-state index in [1.54, 1.807) is 13.2 Å². The normalized spacial score (nSPS) is 16.6. The van der Waals surface area contributed by atoms with Gasteiger partial charge in [0.15, 0.2) is 5.78 Å². The van der Waals surface area contributed by atoms with E-state index in [2.05, 4.69) is 12.1 Å². The van der Waals surface area contributed by atoms with Gasteiger partial charge >= 0.3 is 0 Å². The summed E-state index contributed by atoms with van der Waals surface area (Å²) in [5.74, 6) is 1.96. The van der Waals surface area contributed by atoms with E-state index in [1.807, 2.05) is 54.2 Å². The lowest BCUT2D eigenvalue weighted by Crippen LogP contribution is -2.09. The molecule has 1 aliphatic heterocycles. The van der Waals surface area contributed by atoms with Crippen LogP contribution in [0.15, 0.2) is 65.6 Å². The molecule has 2 aromatic carbocycles. The average Bonchev–Trinajstić information content (AvgIpc) is 2.67. The number of carbonyl (C=O) groups is 1. The first kappa shape index (κ1) is 17.8. The maximum atomic E-state index is 12.0. The van der Waals surface area contributed by atoms with Crippen molar-refractivity contribution in [2.45, 2.75) is 23.8 Å². The number of hydrogen-bond acceptors (Lipinski definition) is 4. The predicted octanol–water partition coefficient (Wildman–Crippen LogP) is 5.08. The maximum Gasteiger partial charge on any atom is 0.185 e. The number of ketones is 1. The Kier molecular flexibility index (Phi) is 6.31. The van der Waals surface area contributed by atoms with Gasteiger partial charge in [-0.2, -0.15) is 0 Å². The van der Waals surface area contributed by atoms with Crippen LogP contribution in [-0.4, -0.2) is 25.3 Å². The summed E-state index contributed by atoms with van der Waals surface area (Å²) in [5.41, 5.74) is 1.92. The molecule has 1 heterocycles. The van der Waals surface area contributed by atoms with Gasteiger partial charge in [-0.25, -0.2) is 0 Å². The Balaban J connectivity index is 1.51. The molecule has 0 radical (unpaired) electrons. The van der Waals surface area contributed by atoms with Crippen LogP contribution in [0, 0.1) is 0 Å². The standard InChI is InChI=1S/C21H22O3S/c1-23-20-12-14-25-21-11-10-17(15-18(20)21)24-13-6-5-9-19(22)16-7-3-2-4-8-16/h2-5,7-11,15,20H,6,12-14H2,1H3/b9-5-. The van der Waals surface area contributed by atoms with Gasteiger partial charge in [0.25, 0.3) is 0 Å². The number of ether oxygens (including phenoxy) is 2. The molecule has 2 aromatic rings. The second-order valence-corrected chi connectivity index (χ2v) is 6.97. The molecule has 0 aliphatic carbocycles. The molecule has 1 atom stereocenters. The zero-order valence-corrected chi connectivity index (χ0v) is 15.1. The number of thioether (sulfide) groups is 1. The van der Waals surface area contributed by atoms with Crippen molar-refractivity contribution in [3.63, 3.8) is 0 Å². The van der Waals surface area contributed by atoms with Crippen LogP contribution in [0.3, 0.4) is 0 Å². The number of allylic oxidation sites excluding steroid dienone is 1. The first-order chi connectivity index (χ1) is 12.3. The van der Waals surface area contributed by atoms with Crippen LogP contribution in [0.2, 0.25) is 0 Å². The largest absolute Gasteiger partial charge is 0.493 e. The Labute approximate surface area is 153 Å². The summed E-state index contributed by atoms with van der Waals surface area (Å²) in [6.07, 6.45) is 5.35. The van der Waals surface area contributed by atoms with Gasteiger partial charge in [-0.15, -0.1) is 11.8 Å². The van der Waals surface area contributed by atoms with Crippen molar-refractivity contribution in [3.05, 3.63) is 71.8 Å². The number of benzene rings is 2. The topological polar surface area (TPSA) is 35.5 Å². The second-order valence-electron chi connectivity index (χ2n) is 5.83. The van der Waals surface area contributed by atoms with E-state index in [4.69, 9.17) is 9.47 Å². The van der Waals surface area contributed by atoms with Gasteiger partial charge in [-0.1, -0.05) is 36.4 Å². The monoisotopic (exact) mass is 354 g/mol. The molecule has 0 spiro atoms. The van der Waals surface area contributed by atoms with E-state index in [0.29, 0.717) is 18.6 Å². The molecule has 1 aliphatic rings. The lowest BCUT2D eigenvalue weighted by Gasteiger charge is -2.24. The van der Waals surface area contributed by atoms with Crippen molar-refractivity contribution in [3.8, 4) is 5.75 Å². The maximum absolute atomic E-state index is 12.0. The number of methoxy groups -OCH3 is 1. The molecule has 0 bridgehead atoms. The molecular formula is C21H22O3S. The van der Waals surface area contributed by atoms with Gasteiger partial charge in [0, 0.05) is 23.3 Å². The van der Waals surface area contributed by atoms with Crippen LogP contribution in [0.4, 0.5) is 0 Å². The van der Waals surface area contributed by atoms with Crippen molar-refractivity contribution in [1.29, 1.82) is 0 Å². The third-order valence-corrected chi connectivity index (χ3v) is 5.25. The fraction of sp³-hybridized carbons (Fsp3) is 0.286. The van der Waals surface area contributed by atoms with Crippen LogP contribution in [0.1, 0.15) is 34.9 Å². The van der Waals surface area contributed by atoms with E-state index >= 15 is 0 Å². The molecule has 3 nitrogen and oxygen atoms in total. The third kappa shape index (κ3) is 4.74. The predicted molar refractivity (Wildman–Crippen MR) is 102 cm³/mol. The summed E-state index contributed by atoms with van der Waals surface area (Å²) in [7, 11) is 1.76. The average molecular weight is 354 g/mol. The molecule has 4 heteroatoms. The van der Waals surface area contributed by atoms with E-state index in [9.17, 15) is 4.79 Å². The molecule has 1 unspecified atom stereocenters. The quantitative estimate of drug-likeness (QED) is 0.395. The van der Waals surface area contributed by atoms with Gasteiger partial charge in [0.2, 0.25) is 0 Å². The SMILES string of the molecule is COC1CCSc2ccc(OCC/C=C\C(=O)c3ccccc3)cc21. The minimum absolute atomic E-state index is 0.0225. The van der Waals surface area contributed by atoms with E-state index < -0.39 is 0 Å². The van der Waals surface area contributed by atoms with Crippen molar-refractivity contribution in [1.82, 2.24) is 0 Å². The molecular weight excluding hydrogens is 332 g/mol. The third-order valence-electron chi connectivity index (χ3n) is 4.13. The number of carbonyl (C=O) groups excluding carboxylic acids is 1. The van der Waals surface area contributed by atoms with E-state index in [-0.39, 0.29) is 11.9 Å². The summed E-state index contributed by atoms with van der Waals surface area (Å²) in [4.78, 5) is 13.2. The summed E-state index contributed by atoms with van der Waals surface area (Å²) >= 11 is 1.87. The summed E-state index contributed by atoms with van der Waals surface area (Å²) < 4.78 is 11.4. The lowest BCUT2D eigenvalue weighted by molar-refractivity contribution is 0.0971. The van der Waals surface area contributed by atoms with Gasteiger partial charge in [-0.3, -0.25) is 4.79 Å². The van der Waals surface area contributed by atoms with Gasteiger partial charge in [0.1, 0.15) is 5.75 Å². The highest BCUT2D eigenvalue weighted by molar-refractivity contribution is 7.99. The van der Waals surface area contributed by atoms with Gasteiger partial charge in [-0.05, 0) is 42.7 Å². The molecule has 0 saturated heterocycles. The highest BCUT2D eigenvalue weighted by atomic mass is 32.2. The first-order valence-electron chi connectivity index (χ1n) is 8.46. The number of rotatable bonds is 7. The summed E-state index contributed by atoms with van der Waals surface area (Å²) in [6, 6.07) is 15.5. The van der Waals surface area contributed by atoms with Gasteiger partial charge in [0.05, 0.1) is 12.7 Å².